The smallest absolute Gasteiger partial charge is 0.277 e. The Kier molecular flexibility index (Phi) is 6.80. The monoisotopic (exact) mass is 459 g/mol. The largest absolute Gasteiger partial charge is 0.411 e. The van der Waals surface area contributed by atoms with Gasteiger partial charge in [0.15, 0.2) is 0 Å². The molecule has 2 amide bonds. The van der Waals surface area contributed by atoms with E-state index in [2.05, 4.69) is 25.8 Å². The first kappa shape index (κ1) is 22.2. The van der Waals surface area contributed by atoms with Crippen molar-refractivity contribution >= 4 is 35.0 Å². The highest BCUT2D eigenvalue weighted by atomic mass is 32.2. The molecule has 0 saturated heterocycles. The molecule has 0 spiro atoms. The molecule has 2 aromatic heterocycles. The second-order valence-electron chi connectivity index (χ2n) is 7.36. The molecule has 0 aliphatic rings. The molecule has 0 unspecified atom stereocenters. The topological polar surface area (TPSA) is 110 Å². The summed E-state index contributed by atoms with van der Waals surface area (Å²) in [5.74, 6) is 0.0794. The van der Waals surface area contributed by atoms with E-state index in [-0.39, 0.29) is 17.6 Å². The number of nitrogens with zero attached hydrogens (tertiary/aromatic N) is 3. The predicted octanol–water partition coefficient (Wildman–Crippen LogP) is 4.73. The Bertz CT molecular complexity index is 1250. The standard InChI is InChI=1S/C24H21N5O3S/c1-15-10-16(2)12-20(11-15)26-21(30)14-33-24-29-28-23(32-24)17-5-7-19(8-6-17)27-22(31)18-4-3-9-25-13-18/h3-13H,14H2,1-2H3,(H,26,30)(H,27,31). The summed E-state index contributed by atoms with van der Waals surface area (Å²) in [5, 5.41) is 14.0. The van der Waals surface area contributed by atoms with Crippen molar-refractivity contribution in [3.05, 3.63) is 83.7 Å². The normalized spacial score (nSPS) is 10.6. The van der Waals surface area contributed by atoms with Crippen molar-refractivity contribution in [3.63, 3.8) is 0 Å². The third-order valence-electron chi connectivity index (χ3n) is 4.55. The zero-order valence-corrected chi connectivity index (χ0v) is 18.8. The van der Waals surface area contributed by atoms with Gasteiger partial charge in [0, 0.05) is 29.3 Å². The lowest BCUT2D eigenvalue weighted by molar-refractivity contribution is -0.113. The highest BCUT2D eigenvalue weighted by Crippen LogP contribution is 2.25. The van der Waals surface area contributed by atoms with E-state index in [4.69, 9.17) is 4.42 Å². The zero-order valence-electron chi connectivity index (χ0n) is 18.0. The van der Waals surface area contributed by atoms with Gasteiger partial charge in [-0.15, -0.1) is 10.2 Å². The first-order valence-electron chi connectivity index (χ1n) is 10.1. The quantitative estimate of drug-likeness (QED) is 0.384. The molecule has 0 fully saturated rings. The molecule has 0 saturated carbocycles. The van der Waals surface area contributed by atoms with Crippen LogP contribution in [0.3, 0.4) is 0 Å². The van der Waals surface area contributed by atoms with Gasteiger partial charge < -0.3 is 15.1 Å². The summed E-state index contributed by atoms with van der Waals surface area (Å²) >= 11 is 1.17. The Hall–Kier alpha value is -3.98. The number of aromatic nitrogens is 3. The summed E-state index contributed by atoms with van der Waals surface area (Å²) in [7, 11) is 0. The van der Waals surface area contributed by atoms with E-state index in [0.29, 0.717) is 27.9 Å². The van der Waals surface area contributed by atoms with Gasteiger partial charge in [-0.25, -0.2) is 0 Å². The first-order valence-corrected chi connectivity index (χ1v) is 11.1. The fourth-order valence-electron chi connectivity index (χ4n) is 3.15. The van der Waals surface area contributed by atoms with Crippen LogP contribution in [0.5, 0.6) is 0 Å². The Labute approximate surface area is 194 Å². The number of benzene rings is 2. The molecule has 166 valence electrons. The summed E-state index contributed by atoms with van der Waals surface area (Å²) in [5.41, 5.74) is 4.74. The number of thioether (sulfide) groups is 1. The molecule has 4 rings (SSSR count). The van der Waals surface area contributed by atoms with Crippen LogP contribution in [0.4, 0.5) is 11.4 Å². The molecule has 0 aliphatic heterocycles. The van der Waals surface area contributed by atoms with Crippen molar-refractivity contribution in [2.75, 3.05) is 16.4 Å². The lowest BCUT2D eigenvalue weighted by Gasteiger charge is -2.06. The van der Waals surface area contributed by atoms with Crippen molar-refractivity contribution < 1.29 is 14.0 Å². The number of amides is 2. The van der Waals surface area contributed by atoms with Gasteiger partial charge in [-0.3, -0.25) is 14.6 Å². The number of hydrogen-bond acceptors (Lipinski definition) is 7. The zero-order chi connectivity index (χ0) is 23.2. The van der Waals surface area contributed by atoms with Crippen LogP contribution in [0.1, 0.15) is 21.5 Å². The molecule has 0 radical (unpaired) electrons. The Morgan fingerprint density at radius 2 is 1.70 bits per heavy atom. The van der Waals surface area contributed by atoms with Gasteiger partial charge in [0.25, 0.3) is 11.1 Å². The average molecular weight is 460 g/mol. The third-order valence-corrected chi connectivity index (χ3v) is 5.37. The maximum atomic E-state index is 12.3. The second kappa shape index (κ2) is 10.1. The molecule has 2 heterocycles. The fourth-order valence-corrected chi connectivity index (χ4v) is 3.72. The highest BCUT2D eigenvalue weighted by Gasteiger charge is 2.12. The first-order chi connectivity index (χ1) is 16.0. The number of nitrogens with one attached hydrogen (secondary N) is 2. The molecule has 0 aliphatic carbocycles. The fraction of sp³-hybridized carbons (Fsp3) is 0.125. The summed E-state index contributed by atoms with van der Waals surface area (Å²) in [6.45, 7) is 3.97. The third kappa shape index (κ3) is 6.05. The molecule has 0 atom stereocenters. The summed E-state index contributed by atoms with van der Waals surface area (Å²) in [6, 6.07) is 16.3. The van der Waals surface area contributed by atoms with Crippen LogP contribution in [0.15, 0.2) is 76.6 Å². The summed E-state index contributed by atoms with van der Waals surface area (Å²) in [4.78, 5) is 28.4. The Morgan fingerprint density at radius 1 is 0.939 bits per heavy atom. The average Bonchev–Trinajstić information content (AvgIpc) is 3.27. The van der Waals surface area contributed by atoms with Crippen molar-refractivity contribution in [1.29, 1.82) is 0 Å². The van der Waals surface area contributed by atoms with E-state index in [9.17, 15) is 9.59 Å². The number of carbonyl (C=O) groups excluding carboxylic acids is 2. The SMILES string of the molecule is Cc1cc(C)cc(NC(=O)CSc2nnc(-c3ccc(NC(=O)c4cccnc4)cc3)o2)c1. The highest BCUT2D eigenvalue weighted by molar-refractivity contribution is 7.99. The lowest BCUT2D eigenvalue weighted by Crippen LogP contribution is -2.14. The van der Waals surface area contributed by atoms with Gasteiger partial charge in [-0.2, -0.15) is 0 Å². The molecular weight excluding hydrogens is 438 g/mol. The molecule has 4 aromatic rings. The number of rotatable bonds is 7. The molecule has 8 nitrogen and oxygen atoms in total. The van der Waals surface area contributed by atoms with Gasteiger partial charge in [0.2, 0.25) is 11.8 Å². The summed E-state index contributed by atoms with van der Waals surface area (Å²) in [6.07, 6.45) is 3.11. The molecule has 33 heavy (non-hydrogen) atoms. The van der Waals surface area contributed by atoms with Crippen LogP contribution in [0.25, 0.3) is 11.5 Å². The van der Waals surface area contributed by atoms with Crippen molar-refractivity contribution in [2.45, 2.75) is 19.1 Å². The maximum absolute atomic E-state index is 12.3. The van der Waals surface area contributed by atoms with Crippen LogP contribution in [-0.2, 0) is 4.79 Å². The van der Waals surface area contributed by atoms with E-state index in [1.807, 2.05) is 32.0 Å². The van der Waals surface area contributed by atoms with Crippen molar-refractivity contribution in [2.24, 2.45) is 0 Å². The minimum Gasteiger partial charge on any atom is -0.411 e. The molecule has 9 heteroatoms. The number of carbonyl (C=O) groups is 2. The van der Waals surface area contributed by atoms with Gasteiger partial charge in [0.05, 0.1) is 11.3 Å². The number of pyridine rings is 1. The van der Waals surface area contributed by atoms with Gasteiger partial charge in [-0.05, 0) is 73.5 Å². The molecule has 0 bridgehead atoms. The predicted molar refractivity (Wildman–Crippen MR) is 127 cm³/mol. The maximum Gasteiger partial charge on any atom is 0.277 e. The second-order valence-corrected chi connectivity index (χ2v) is 8.29. The van der Waals surface area contributed by atoms with Crippen LogP contribution < -0.4 is 10.6 Å². The summed E-state index contributed by atoms with van der Waals surface area (Å²) < 4.78 is 5.66. The minimum atomic E-state index is -0.244. The van der Waals surface area contributed by atoms with Crippen LogP contribution in [0, 0.1) is 13.8 Å². The van der Waals surface area contributed by atoms with Crippen LogP contribution >= 0.6 is 11.8 Å². The number of hydrogen-bond donors (Lipinski definition) is 2. The van der Waals surface area contributed by atoms with E-state index in [1.54, 1.807) is 42.6 Å². The Morgan fingerprint density at radius 3 is 2.39 bits per heavy atom. The molecule has 2 aromatic carbocycles. The lowest BCUT2D eigenvalue weighted by atomic mass is 10.1. The minimum absolute atomic E-state index is 0.147. The van der Waals surface area contributed by atoms with E-state index in [0.717, 1.165) is 16.8 Å². The molecule has 2 N–H and O–H groups in total. The molecular formula is C24H21N5O3S. The number of aryl methyl sites for hydroxylation is 2. The van der Waals surface area contributed by atoms with E-state index in [1.165, 1.54) is 18.0 Å². The van der Waals surface area contributed by atoms with Gasteiger partial charge in [-0.1, -0.05) is 17.8 Å². The van der Waals surface area contributed by atoms with Crippen molar-refractivity contribution in [3.8, 4) is 11.5 Å². The Balaban J connectivity index is 1.32. The van der Waals surface area contributed by atoms with E-state index >= 15 is 0 Å². The number of anilines is 2. The van der Waals surface area contributed by atoms with Crippen LogP contribution in [-0.4, -0.2) is 32.7 Å². The van der Waals surface area contributed by atoms with Gasteiger partial charge in [0.1, 0.15) is 0 Å². The van der Waals surface area contributed by atoms with Crippen LogP contribution in [0.2, 0.25) is 0 Å². The van der Waals surface area contributed by atoms with Crippen molar-refractivity contribution in [1.82, 2.24) is 15.2 Å². The van der Waals surface area contributed by atoms with E-state index < -0.39 is 0 Å². The van der Waals surface area contributed by atoms with Gasteiger partial charge >= 0.3 is 0 Å².